The average molecular weight is 1420 g/mol. The van der Waals surface area contributed by atoms with E-state index in [0.29, 0.717) is 85.7 Å². The Hall–Kier alpha value is -12.0. The highest BCUT2D eigenvalue weighted by Crippen LogP contribution is 2.39. The number of nitrogens with zero attached hydrogens (tertiary/aromatic N) is 16. The van der Waals surface area contributed by atoms with Gasteiger partial charge in [0.1, 0.15) is 57.5 Å². The molecule has 0 aliphatic rings. The molecule has 0 saturated carbocycles. The van der Waals surface area contributed by atoms with Gasteiger partial charge in [-0.1, -0.05) is 95.8 Å². The third kappa shape index (κ3) is 16.0. The van der Waals surface area contributed by atoms with Gasteiger partial charge in [-0.25, -0.2) is 34.9 Å². The fourth-order valence-corrected chi connectivity index (χ4v) is 9.75. The van der Waals surface area contributed by atoms with Crippen molar-refractivity contribution in [3.05, 3.63) is 212 Å². The Balaban J connectivity index is 0.000000145. The van der Waals surface area contributed by atoms with Gasteiger partial charge in [0.15, 0.2) is 40.7 Å². The molecule has 0 fully saturated rings. The number of fused-ring (bicyclic) bond motifs is 4. The van der Waals surface area contributed by atoms with Crippen LogP contribution in [-0.4, -0.2) is 63.2 Å². The van der Waals surface area contributed by atoms with Gasteiger partial charge in [0.05, 0.1) is 6.20 Å². The lowest BCUT2D eigenvalue weighted by Gasteiger charge is -2.05. The third-order valence-corrected chi connectivity index (χ3v) is 14.7. The molecule has 0 amide bonds. The maximum Gasteiger partial charge on any atom is 0.174 e. The zero-order valence-corrected chi connectivity index (χ0v) is 52.8. The van der Waals surface area contributed by atoms with Crippen molar-refractivity contribution < 1.29 is 0 Å². The molecule has 0 spiro atoms. The van der Waals surface area contributed by atoms with Gasteiger partial charge in [0.25, 0.3) is 0 Å². The molecule has 92 heavy (non-hydrogen) atoms. The maximum absolute atomic E-state index is 7.34. The number of aryl methyl sites for hydroxylation is 1. The molecular formula is C61H51Br3N28. The molecule has 8 aromatic heterocycles. The Morgan fingerprint density at radius 3 is 1.16 bits per heavy atom. The molecule has 28 nitrogen and oxygen atoms in total. The van der Waals surface area contributed by atoms with Crippen LogP contribution in [0.3, 0.4) is 0 Å². The van der Waals surface area contributed by atoms with Crippen molar-refractivity contribution in [2.45, 2.75) is 6.92 Å². The highest BCUT2D eigenvalue weighted by molar-refractivity contribution is 9.11. The number of azo groups is 4. The molecular weight excluding hydrogens is 1360 g/mol. The smallest absolute Gasteiger partial charge is 0.174 e. The number of nitrogens with one attached hydrogen (secondary N) is 4. The Bertz CT molecular complexity index is 4590. The molecule has 31 heteroatoms. The van der Waals surface area contributed by atoms with E-state index >= 15 is 0 Å². The first-order valence-electron chi connectivity index (χ1n) is 26.7. The Morgan fingerprint density at radius 1 is 0.359 bits per heavy atom. The number of amidine groups is 4. The highest BCUT2D eigenvalue weighted by Gasteiger charge is 2.13. The molecule has 0 atom stereocenters. The lowest BCUT2D eigenvalue weighted by molar-refractivity contribution is 1.15. The van der Waals surface area contributed by atoms with Gasteiger partial charge in [0, 0.05) is 117 Å². The van der Waals surface area contributed by atoms with Crippen molar-refractivity contribution >= 4 is 183 Å². The van der Waals surface area contributed by atoms with Gasteiger partial charge in [-0.2, -0.15) is 0 Å². The summed E-state index contributed by atoms with van der Waals surface area (Å²) >= 11 is 10.4. The predicted molar refractivity (Wildman–Crippen MR) is 370 cm³/mol. The lowest BCUT2D eigenvalue weighted by Crippen LogP contribution is -2.12. The first-order valence-corrected chi connectivity index (χ1v) is 29.1. The minimum absolute atomic E-state index is 0.0427. The number of benzene rings is 4. The number of rotatable bonds is 12. The van der Waals surface area contributed by atoms with Gasteiger partial charge >= 0.3 is 0 Å². The lowest BCUT2D eigenvalue weighted by atomic mass is 10.1. The largest absolute Gasteiger partial charge is 0.384 e. The Morgan fingerprint density at radius 2 is 0.761 bits per heavy atom. The van der Waals surface area contributed by atoms with Crippen LogP contribution in [0.15, 0.2) is 225 Å². The Labute approximate surface area is 547 Å². The summed E-state index contributed by atoms with van der Waals surface area (Å²) in [6.07, 6.45) is 12.7. The van der Waals surface area contributed by atoms with Gasteiger partial charge in [0.2, 0.25) is 0 Å². The molecule has 8 heterocycles. The highest BCUT2D eigenvalue weighted by atomic mass is 79.9. The summed E-state index contributed by atoms with van der Waals surface area (Å²) in [5.74, 6) is 2.13. The molecule has 0 bridgehead atoms. The summed E-state index contributed by atoms with van der Waals surface area (Å²) in [6.45, 7) is 2.01. The van der Waals surface area contributed by atoms with Crippen LogP contribution < -0.4 is 45.9 Å². The summed E-state index contributed by atoms with van der Waals surface area (Å²) in [5.41, 5.74) is 50.8. The van der Waals surface area contributed by atoms with Gasteiger partial charge in [-0.05, 0) is 85.8 Å². The molecule has 0 saturated heterocycles. The Kier molecular flexibility index (Phi) is 20.6. The van der Waals surface area contributed by atoms with Crippen LogP contribution in [-0.2, 0) is 0 Å². The summed E-state index contributed by atoms with van der Waals surface area (Å²) in [5, 5.41) is 69.6. The molecule has 456 valence electrons. The van der Waals surface area contributed by atoms with E-state index in [0.717, 1.165) is 62.1 Å². The zero-order valence-electron chi connectivity index (χ0n) is 48.1. The molecule has 12 rings (SSSR count). The van der Waals surface area contributed by atoms with Crippen LogP contribution in [0.25, 0.3) is 43.1 Å². The zero-order chi connectivity index (χ0) is 65.6. The van der Waals surface area contributed by atoms with E-state index < -0.39 is 0 Å². The van der Waals surface area contributed by atoms with Crippen molar-refractivity contribution in [1.29, 1.82) is 21.6 Å². The molecule has 0 aliphatic carbocycles. The number of hydrogen-bond acceptors (Lipinski definition) is 24. The molecule has 0 unspecified atom stereocenters. The summed E-state index contributed by atoms with van der Waals surface area (Å²) in [7, 11) is 0. The van der Waals surface area contributed by atoms with Crippen LogP contribution in [0.1, 0.15) is 27.9 Å². The number of hydrogen-bond donors (Lipinski definition) is 12. The summed E-state index contributed by atoms with van der Waals surface area (Å²) in [4.78, 5) is 32.9. The first-order chi connectivity index (χ1) is 44.2. The number of nitrogens with two attached hydrogens (primary N) is 8. The predicted octanol–water partition coefficient (Wildman–Crippen LogP) is 14.2. The van der Waals surface area contributed by atoms with Crippen molar-refractivity contribution in [2.24, 2.45) is 63.8 Å². The fourth-order valence-electron chi connectivity index (χ4n) is 8.23. The van der Waals surface area contributed by atoms with E-state index in [4.69, 9.17) is 67.5 Å². The molecule has 0 aliphatic heterocycles. The second-order valence-electron chi connectivity index (χ2n) is 19.3. The van der Waals surface area contributed by atoms with Crippen molar-refractivity contribution in [2.75, 3.05) is 22.9 Å². The van der Waals surface area contributed by atoms with E-state index in [-0.39, 0.29) is 29.2 Å². The molecule has 12 aromatic rings. The van der Waals surface area contributed by atoms with Crippen LogP contribution in [0.5, 0.6) is 0 Å². The van der Waals surface area contributed by atoms with Gasteiger partial charge in [-0.3, -0.25) is 26.6 Å². The number of aromatic nitrogens is 8. The normalized spacial score (nSPS) is 11.2. The number of pyridine rings is 8. The van der Waals surface area contributed by atoms with Crippen LogP contribution in [0, 0.1) is 28.6 Å². The van der Waals surface area contributed by atoms with E-state index in [9.17, 15) is 0 Å². The summed E-state index contributed by atoms with van der Waals surface area (Å²) in [6, 6.07) is 36.3. The topological polar surface area (TPSA) is 506 Å². The quantitative estimate of drug-likeness (QED) is 0.0307. The van der Waals surface area contributed by atoms with Crippen molar-refractivity contribution in [3.8, 4) is 0 Å². The standard InChI is InChI=1S/C16H15N7.3C15H12BrN7/c1-9-2-4-12-11(6-9)8-21-16(19)14(12)23-22-13-5-3-10(7-20-13)15(17)18;16-10-2-3-11-9(5-10)7-21-15(19)13(11)23-22-12-4-1-8(6-20-12)14(17)18;16-10-3-1-2-8-6-21-15(19)13(12(8)10)23-22-9-4-5-11(14(17)18)20-7-9;16-10-3-1-2-8-6-21-15(19)13(12(8)10)23-22-11-5-4-9(7-20-11)14(17)18/h2-8H,1H3,(H3,17,18)(H2,19,21);3*1-7H,(H3,17,18)(H2,19,21). The van der Waals surface area contributed by atoms with Crippen molar-refractivity contribution in [3.63, 3.8) is 0 Å². The second kappa shape index (κ2) is 29.4. The van der Waals surface area contributed by atoms with Gasteiger partial charge in [-0.15, -0.1) is 40.9 Å². The van der Waals surface area contributed by atoms with Crippen molar-refractivity contribution in [1.82, 2.24) is 39.9 Å². The SMILES string of the molecule is Cc1ccc2c(N=Nc3ccc(C(=N)N)cn3)c(N)ncc2c1.N=C(N)c1ccc(N=Nc2c(N)ncc3cc(Br)ccc23)nc1.N=C(N)c1ccc(N=Nc2c(N)ncc3cccc(Br)c23)cn1.N=C(N)c1ccc(N=Nc2c(N)ncc3cccc(Br)c23)nc1. The number of halogens is 3. The van der Waals surface area contributed by atoms with E-state index in [2.05, 4.69) is 129 Å². The second-order valence-corrected chi connectivity index (χ2v) is 21.9. The monoisotopic (exact) mass is 1410 g/mol. The minimum atomic E-state index is -0.0973. The maximum atomic E-state index is 7.34. The summed E-state index contributed by atoms with van der Waals surface area (Å²) < 4.78 is 2.67. The molecule has 4 aromatic carbocycles. The van der Waals surface area contributed by atoms with E-state index in [1.165, 1.54) is 24.8 Å². The van der Waals surface area contributed by atoms with Crippen LogP contribution in [0.2, 0.25) is 0 Å². The molecule has 0 radical (unpaired) electrons. The van der Waals surface area contributed by atoms with E-state index in [1.54, 1.807) is 73.3 Å². The number of nitrogen functional groups attached to an aromatic ring is 8. The van der Waals surface area contributed by atoms with E-state index in [1.807, 2.05) is 79.7 Å². The van der Waals surface area contributed by atoms with Gasteiger partial charge < -0.3 is 45.9 Å². The average Bonchev–Trinajstić information content (AvgIpc) is 0.882. The van der Waals surface area contributed by atoms with Crippen LogP contribution in [0.4, 0.5) is 69.2 Å². The fraction of sp³-hybridized carbons (Fsp3) is 0.0164. The van der Waals surface area contributed by atoms with Crippen LogP contribution >= 0.6 is 47.8 Å². The number of anilines is 4. The first kappa shape index (κ1) is 64.5. The third-order valence-electron chi connectivity index (χ3n) is 12.9. The minimum Gasteiger partial charge on any atom is -0.384 e. The molecule has 20 N–H and O–H groups in total.